The van der Waals surface area contributed by atoms with E-state index in [0.717, 1.165) is 34.7 Å². The number of carbonyl (C=O) groups excluding carboxylic acids is 1. The summed E-state index contributed by atoms with van der Waals surface area (Å²) in [5.74, 6) is 1.23. The van der Waals surface area contributed by atoms with Gasteiger partial charge in [0.25, 0.3) is 0 Å². The number of methoxy groups -OCH3 is 1. The Bertz CT molecular complexity index is 573. The fourth-order valence-electron chi connectivity index (χ4n) is 2.87. The monoisotopic (exact) mass is 369 g/mol. The van der Waals surface area contributed by atoms with Crippen LogP contribution in [-0.2, 0) is 4.74 Å². The van der Waals surface area contributed by atoms with Crippen LogP contribution in [0.2, 0.25) is 5.02 Å². The number of likely N-dealkylation sites (tertiary alicyclic amines) is 1. The van der Waals surface area contributed by atoms with E-state index in [0.29, 0.717) is 19.0 Å². The molecule has 1 aromatic carbocycles. The maximum Gasteiger partial charge on any atom is 0.410 e. The molecule has 0 spiro atoms. The lowest BCUT2D eigenvalue weighted by Gasteiger charge is -2.34. The van der Waals surface area contributed by atoms with Crippen molar-refractivity contribution in [3.8, 4) is 5.75 Å². The van der Waals surface area contributed by atoms with E-state index in [1.165, 1.54) is 0 Å². The summed E-state index contributed by atoms with van der Waals surface area (Å²) in [7, 11) is 1.68. The molecule has 25 heavy (non-hydrogen) atoms. The average molecular weight is 370 g/mol. The van der Waals surface area contributed by atoms with Crippen LogP contribution in [0.3, 0.4) is 0 Å². The Labute approximate surface area is 157 Å². The predicted octanol–water partition coefficient (Wildman–Crippen LogP) is 5.80. The zero-order chi connectivity index (χ0) is 19.2. The number of benzene rings is 1. The van der Waals surface area contributed by atoms with E-state index < -0.39 is 5.60 Å². The van der Waals surface area contributed by atoms with E-state index in [2.05, 4.69) is 0 Å². The Morgan fingerprint density at radius 2 is 1.76 bits per heavy atom. The van der Waals surface area contributed by atoms with E-state index in [-0.39, 0.29) is 6.09 Å². The highest BCUT2D eigenvalue weighted by molar-refractivity contribution is 6.31. The SMILES string of the molecule is CC.COc1cc(C)c(Cl)cc1C1CCN(C(=O)OC(C)(C)C)CC1. The fraction of sp³-hybridized carbons (Fsp3) is 0.650. The Hall–Kier alpha value is -1.42. The van der Waals surface area contributed by atoms with Gasteiger partial charge < -0.3 is 14.4 Å². The van der Waals surface area contributed by atoms with Crippen LogP contribution < -0.4 is 4.74 Å². The molecule has 0 atom stereocenters. The van der Waals surface area contributed by atoms with Gasteiger partial charge in [-0.3, -0.25) is 0 Å². The maximum absolute atomic E-state index is 12.1. The van der Waals surface area contributed by atoms with Gasteiger partial charge in [-0.15, -0.1) is 0 Å². The van der Waals surface area contributed by atoms with Gasteiger partial charge >= 0.3 is 6.09 Å². The Morgan fingerprint density at radius 3 is 2.24 bits per heavy atom. The molecule has 0 radical (unpaired) electrons. The summed E-state index contributed by atoms with van der Waals surface area (Å²) < 4.78 is 10.9. The first-order valence-electron chi connectivity index (χ1n) is 9.03. The Kier molecular flexibility index (Phi) is 8.07. The molecule has 2 rings (SSSR count). The van der Waals surface area contributed by atoms with Crippen molar-refractivity contribution in [3.05, 3.63) is 28.3 Å². The zero-order valence-corrected chi connectivity index (χ0v) is 17.4. The van der Waals surface area contributed by atoms with Crippen LogP contribution in [0.25, 0.3) is 0 Å². The first-order chi connectivity index (χ1) is 11.7. The lowest BCUT2D eigenvalue weighted by Crippen LogP contribution is -2.41. The largest absolute Gasteiger partial charge is 0.496 e. The van der Waals surface area contributed by atoms with Gasteiger partial charge in [0.05, 0.1) is 7.11 Å². The number of aryl methyl sites for hydroxylation is 1. The standard InChI is InChI=1S/C18H26ClNO3.C2H6/c1-12-10-16(22-5)14(11-15(12)19)13-6-8-20(9-7-13)17(21)23-18(2,3)4;1-2/h10-11,13H,6-9H2,1-5H3;1-2H3. The van der Waals surface area contributed by atoms with Crippen LogP contribution in [0.1, 0.15) is 64.5 Å². The lowest BCUT2D eigenvalue weighted by atomic mass is 9.88. The van der Waals surface area contributed by atoms with Gasteiger partial charge in [0.2, 0.25) is 0 Å². The number of rotatable bonds is 2. The predicted molar refractivity (Wildman–Crippen MR) is 104 cm³/mol. The molecule has 1 aromatic rings. The minimum Gasteiger partial charge on any atom is -0.496 e. The van der Waals surface area contributed by atoms with E-state index in [1.807, 2.05) is 53.7 Å². The van der Waals surface area contributed by atoms with Crippen molar-refractivity contribution in [3.63, 3.8) is 0 Å². The topological polar surface area (TPSA) is 38.8 Å². The van der Waals surface area contributed by atoms with Crippen LogP contribution in [0, 0.1) is 6.92 Å². The van der Waals surface area contributed by atoms with Gasteiger partial charge in [0.15, 0.2) is 0 Å². The van der Waals surface area contributed by atoms with Crippen LogP contribution in [0.15, 0.2) is 12.1 Å². The van der Waals surface area contributed by atoms with Crippen molar-refractivity contribution in [1.29, 1.82) is 0 Å². The third-order valence-corrected chi connectivity index (χ3v) is 4.50. The highest BCUT2D eigenvalue weighted by Gasteiger charge is 2.28. The van der Waals surface area contributed by atoms with Gasteiger partial charge in [0.1, 0.15) is 11.4 Å². The zero-order valence-electron chi connectivity index (χ0n) is 16.6. The van der Waals surface area contributed by atoms with Crippen molar-refractivity contribution >= 4 is 17.7 Å². The van der Waals surface area contributed by atoms with Crippen molar-refractivity contribution in [2.75, 3.05) is 20.2 Å². The smallest absolute Gasteiger partial charge is 0.410 e. The summed E-state index contributed by atoms with van der Waals surface area (Å²) in [6.07, 6.45) is 1.54. The highest BCUT2D eigenvalue weighted by atomic mass is 35.5. The molecule has 4 nitrogen and oxygen atoms in total. The molecule has 1 saturated heterocycles. The second-order valence-corrected chi connectivity index (χ2v) is 7.49. The van der Waals surface area contributed by atoms with Crippen LogP contribution in [-0.4, -0.2) is 36.8 Å². The van der Waals surface area contributed by atoms with Gasteiger partial charge in [-0.2, -0.15) is 0 Å². The molecule has 0 aliphatic carbocycles. The van der Waals surface area contributed by atoms with Crippen molar-refractivity contribution in [2.24, 2.45) is 0 Å². The molecular weight excluding hydrogens is 338 g/mol. The van der Waals surface area contributed by atoms with Crippen LogP contribution in [0.4, 0.5) is 4.79 Å². The molecule has 0 unspecified atom stereocenters. The summed E-state index contributed by atoms with van der Waals surface area (Å²) in [5, 5.41) is 0.760. The number of ether oxygens (including phenoxy) is 2. The van der Waals surface area contributed by atoms with E-state index >= 15 is 0 Å². The number of carbonyl (C=O) groups is 1. The molecule has 0 N–H and O–H groups in total. The number of nitrogens with zero attached hydrogens (tertiary/aromatic N) is 1. The number of hydrogen-bond acceptors (Lipinski definition) is 3. The number of amides is 1. The second-order valence-electron chi connectivity index (χ2n) is 7.09. The third-order valence-electron chi connectivity index (χ3n) is 4.10. The first kappa shape index (κ1) is 21.6. The first-order valence-corrected chi connectivity index (χ1v) is 9.41. The molecule has 1 fully saturated rings. The minimum atomic E-state index is -0.457. The van der Waals surface area contributed by atoms with Crippen LogP contribution in [0.5, 0.6) is 5.75 Å². The number of hydrogen-bond donors (Lipinski definition) is 0. The molecule has 142 valence electrons. The summed E-state index contributed by atoms with van der Waals surface area (Å²) in [4.78, 5) is 13.9. The average Bonchev–Trinajstić information content (AvgIpc) is 2.57. The van der Waals surface area contributed by atoms with Crippen molar-refractivity contribution < 1.29 is 14.3 Å². The molecule has 0 bridgehead atoms. The summed E-state index contributed by atoms with van der Waals surface area (Å²) in [5.41, 5.74) is 1.69. The maximum atomic E-state index is 12.1. The van der Waals surface area contributed by atoms with Gasteiger partial charge in [-0.25, -0.2) is 4.79 Å². The highest BCUT2D eigenvalue weighted by Crippen LogP contribution is 2.37. The normalized spacial score (nSPS) is 15.3. The fourth-order valence-corrected chi connectivity index (χ4v) is 3.04. The quantitative estimate of drug-likeness (QED) is 0.661. The molecular formula is C20H32ClNO3. The van der Waals surface area contributed by atoms with E-state index in [4.69, 9.17) is 21.1 Å². The second kappa shape index (κ2) is 9.33. The number of piperidine rings is 1. The summed E-state index contributed by atoms with van der Waals surface area (Å²) in [6.45, 7) is 13.0. The lowest BCUT2D eigenvalue weighted by molar-refractivity contribution is 0.0204. The van der Waals surface area contributed by atoms with Crippen molar-refractivity contribution in [1.82, 2.24) is 4.90 Å². The molecule has 1 heterocycles. The molecule has 1 amide bonds. The minimum absolute atomic E-state index is 0.232. The molecule has 1 aliphatic rings. The Balaban J connectivity index is 0.00000151. The van der Waals surface area contributed by atoms with Gasteiger partial charge in [-0.05, 0) is 69.7 Å². The number of halogens is 1. The van der Waals surface area contributed by atoms with Crippen molar-refractivity contribution in [2.45, 2.75) is 65.9 Å². The summed E-state index contributed by atoms with van der Waals surface area (Å²) in [6, 6.07) is 3.99. The Morgan fingerprint density at radius 1 is 1.20 bits per heavy atom. The third kappa shape index (κ3) is 6.10. The molecule has 5 heteroatoms. The van der Waals surface area contributed by atoms with Gasteiger partial charge in [-0.1, -0.05) is 25.4 Å². The van der Waals surface area contributed by atoms with E-state index in [1.54, 1.807) is 12.0 Å². The molecule has 0 aromatic heterocycles. The van der Waals surface area contributed by atoms with Crippen LogP contribution >= 0.6 is 11.6 Å². The summed E-state index contributed by atoms with van der Waals surface area (Å²) >= 11 is 6.27. The van der Waals surface area contributed by atoms with E-state index in [9.17, 15) is 4.79 Å². The molecule has 1 aliphatic heterocycles. The van der Waals surface area contributed by atoms with Gasteiger partial charge in [0, 0.05) is 18.1 Å². The molecule has 0 saturated carbocycles.